The van der Waals surface area contributed by atoms with Crippen LogP contribution >= 0.6 is 0 Å². The van der Waals surface area contributed by atoms with Crippen LogP contribution in [0, 0.1) is 17.8 Å². The Kier molecular flexibility index (Phi) is 4.95. The quantitative estimate of drug-likeness (QED) is 0.610. The van der Waals surface area contributed by atoms with Crippen molar-refractivity contribution in [1.82, 2.24) is 0 Å². The van der Waals surface area contributed by atoms with Gasteiger partial charge in [0, 0.05) is 11.8 Å². The molecule has 0 fully saturated rings. The summed E-state index contributed by atoms with van der Waals surface area (Å²) in [5, 5.41) is 9.48. The predicted molar refractivity (Wildman–Crippen MR) is 98.3 cm³/mol. The number of aldehydes is 1. The van der Waals surface area contributed by atoms with E-state index in [0.29, 0.717) is 6.42 Å². The van der Waals surface area contributed by atoms with E-state index in [4.69, 9.17) is 0 Å². The Hall–Kier alpha value is -2.61. The number of aliphatic hydroxyl groups excluding tert-OH is 1. The van der Waals surface area contributed by atoms with Gasteiger partial charge in [0.05, 0.1) is 5.76 Å². The van der Waals surface area contributed by atoms with Crippen LogP contribution in [0.5, 0.6) is 0 Å². The van der Waals surface area contributed by atoms with Crippen LogP contribution in [0.4, 0.5) is 0 Å². The Balaban J connectivity index is 1.70. The molecule has 0 radical (unpaired) electrons. The molecule has 2 nitrogen and oxygen atoms in total. The molecule has 0 aliphatic heterocycles. The molecule has 0 bridgehead atoms. The second kappa shape index (κ2) is 7.31. The summed E-state index contributed by atoms with van der Waals surface area (Å²) in [6, 6.07) is 10.3. The van der Waals surface area contributed by atoms with E-state index in [0.717, 1.165) is 18.3 Å². The molecule has 2 aliphatic rings. The molecular weight excluding hydrogens is 296 g/mol. The molecule has 3 unspecified atom stereocenters. The monoisotopic (exact) mass is 318 g/mol. The van der Waals surface area contributed by atoms with Crippen LogP contribution in [0.25, 0.3) is 5.57 Å². The Morgan fingerprint density at radius 2 is 1.92 bits per heavy atom. The van der Waals surface area contributed by atoms with Gasteiger partial charge in [0.1, 0.15) is 6.29 Å². The third-order valence-electron chi connectivity index (χ3n) is 4.79. The first-order chi connectivity index (χ1) is 11.7. The SMILES string of the molecule is C=C(O)C1C=CC(C(C=O)C2C=CC(c3ccccc3)=CC2)=CC1. The van der Waals surface area contributed by atoms with Crippen LogP contribution < -0.4 is 0 Å². The Labute approximate surface area is 143 Å². The van der Waals surface area contributed by atoms with Crippen LogP contribution in [0.1, 0.15) is 18.4 Å². The van der Waals surface area contributed by atoms with Gasteiger partial charge in [-0.3, -0.25) is 0 Å². The molecule has 3 rings (SSSR count). The maximum atomic E-state index is 11.7. The van der Waals surface area contributed by atoms with Crippen LogP contribution in [0.15, 0.2) is 84.7 Å². The fourth-order valence-corrected chi connectivity index (χ4v) is 3.31. The average Bonchev–Trinajstić information content (AvgIpc) is 2.64. The second-order valence-corrected chi connectivity index (χ2v) is 6.34. The fraction of sp³-hybridized carbons (Fsp3) is 0.227. The third kappa shape index (κ3) is 3.48. The summed E-state index contributed by atoms with van der Waals surface area (Å²) in [4.78, 5) is 11.7. The summed E-state index contributed by atoms with van der Waals surface area (Å²) < 4.78 is 0. The van der Waals surface area contributed by atoms with Crippen molar-refractivity contribution in [3.8, 4) is 0 Å². The molecule has 0 saturated carbocycles. The van der Waals surface area contributed by atoms with Gasteiger partial charge in [-0.1, -0.05) is 73.4 Å². The average molecular weight is 318 g/mol. The maximum absolute atomic E-state index is 11.7. The molecule has 1 aromatic carbocycles. The van der Waals surface area contributed by atoms with Crippen molar-refractivity contribution >= 4 is 11.9 Å². The van der Waals surface area contributed by atoms with E-state index >= 15 is 0 Å². The Morgan fingerprint density at radius 1 is 1.12 bits per heavy atom. The highest BCUT2D eigenvalue weighted by atomic mass is 16.3. The lowest BCUT2D eigenvalue weighted by molar-refractivity contribution is -0.110. The fourth-order valence-electron chi connectivity index (χ4n) is 3.31. The van der Waals surface area contributed by atoms with Gasteiger partial charge in [0.25, 0.3) is 0 Å². The van der Waals surface area contributed by atoms with Gasteiger partial charge < -0.3 is 9.90 Å². The van der Waals surface area contributed by atoms with Crippen molar-refractivity contribution in [2.75, 3.05) is 0 Å². The van der Waals surface area contributed by atoms with Gasteiger partial charge >= 0.3 is 0 Å². The van der Waals surface area contributed by atoms with Crippen LogP contribution in [0.3, 0.4) is 0 Å². The number of hydrogen-bond donors (Lipinski definition) is 1. The van der Waals surface area contributed by atoms with Gasteiger partial charge in [-0.15, -0.1) is 0 Å². The minimum Gasteiger partial charge on any atom is -0.512 e. The molecule has 0 aromatic heterocycles. The lowest BCUT2D eigenvalue weighted by Crippen LogP contribution is -2.19. The lowest BCUT2D eigenvalue weighted by Gasteiger charge is -2.25. The van der Waals surface area contributed by atoms with Crippen molar-refractivity contribution in [3.63, 3.8) is 0 Å². The van der Waals surface area contributed by atoms with E-state index in [2.05, 4.69) is 43.0 Å². The van der Waals surface area contributed by atoms with Crippen LogP contribution in [-0.2, 0) is 4.79 Å². The van der Waals surface area contributed by atoms with Gasteiger partial charge in [-0.25, -0.2) is 0 Å². The molecule has 0 spiro atoms. The summed E-state index contributed by atoms with van der Waals surface area (Å²) in [6.07, 6.45) is 15.0. The molecule has 2 heteroatoms. The number of allylic oxidation sites excluding steroid dienone is 8. The summed E-state index contributed by atoms with van der Waals surface area (Å²) >= 11 is 0. The number of hydrogen-bond acceptors (Lipinski definition) is 2. The number of aliphatic hydroxyl groups is 1. The zero-order valence-corrected chi connectivity index (χ0v) is 13.6. The second-order valence-electron chi connectivity index (χ2n) is 6.34. The minimum atomic E-state index is -0.140. The van der Waals surface area contributed by atoms with Crippen LogP contribution in [-0.4, -0.2) is 11.4 Å². The van der Waals surface area contributed by atoms with E-state index in [1.54, 1.807) is 0 Å². The summed E-state index contributed by atoms with van der Waals surface area (Å²) in [6.45, 7) is 3.58. The standard InChI is InChI=1S/C22H22O2/c1-16(24)17-7-11-20(12-8-17)22(15-23)21-13-9-19(10-14-21)18-5-3-2-4-6-18/h2-7,9-13,15,17,21-22,24H,1,8,14H2. The first-order valence-electron chi connectivity index (χ1n) is 8.34. The predicted octanol–water partition coefficient (Wildman–Crippen LogP) is 5.04. The topological polar surface area (TPSA) is 37.3 Å². The smallest absolute Gasteiger partial charge is 0.128 e. The number of carbonyl (C=O) groups is 1. The van der Waals surface area contributed by atoms with E-state index < -0.39 is 0 Å². The summed E-state index contributed by atoms with van der Waals surface area (Å²) in [7, 11) is 0. The van der Waals surface area contributed by atoms with Crippen molar-refractivity contribution in [1.29, 1.82) is 0 Å². The molecule has 0 amide bonds. The van der Waals surface area contributed by atoms with E-state index in [9.17, 15) is 9.90 Å². The van der Waals surface area contributed by atoms with Gasteiger partial charge in [0.2, 0.25) is 0 Å². The zero-order valence-electron chi connectivity index (χ0n) is 13.6. The molecule has 122 valence electrons. The summed E-state index contributed by atoms with van der Waals surface area (Å²) in [5.41, 5.74) is 3.45. The Bertz CT molecular complexity index is 734. The van der Waals surface area contributed by atoms with Crippen molar-refractivity contribution in [2.24, 2.45) is 17.8 Å². The highest BCUT2D eigenvalue weighted by molar-refractivity contribution is 5.75. The zero-order chi connectivity index (χ0) is 16.9. The molecule has 1 aromatic rings. The normalized spacial score (nSPS) is 24.0. The summed E-state index contributed by atoms with van der Waals surface area (Å²) in [5.74, 6) is 0.184. The number of benzene rings is 1. The van der Waals surface area contributed by atoms with E-state index in [-0.39, 0.29) is 23.5 Å². The van der Waals surface area contributed by atoms with Crippen LogP contribution in [0.2, 0.25) is 0 Å². The first-order valence-corrected chi connectivity index (χ1v) is 8.34. The molecule has 0 saturated heterocycles. The molecule has 2 aliphatic carbocycles. The lowest BCUT2D eigenvalue weighted by atomic mass is 9.78. The van der Waals surface area contributed by atoms with Crippen molar-refractivity contribution in [2.45, 2.75) is 12.8 Å². The molecule has 1 N–H and O–H groups in total. The largest absolute Gasteiger partial charge is 0.512 e. The molecule has 24 heavy (non-hydrogen) atoms. The Morgan fingerprint density at radius 3 is 2.46 bits per heavy atom. The molecule has 3 atom stereocenters. The minimum absolute atomic E-state index is 0.0347. The van der Waals surface area contributed by atoms with Gasteiger partial charge in [0.15, 0.2) is 0 Å². The van der Waals surface area contributed by atoms with E-state index in [1.807, 2.05) is 30.4 Å². The maximum Gasteiger partial charge on any atom is 0.128 e. The highest BCUT2D eigenvalue weighted by Gasteiger charge is 2.24. The molecular formula is C22H22O2. The van der Waals surface area contributed by atoms with Gasteiger partial charge in [-0.2, -0.15) is 0 Å². The van der Waals surface area contributed by atoms with E-state index in [1.165, 1.54) is 11.1 Å². The molecule has 0 heterocycles. The number of carbonyl (C=O) groups excluding carboxylic acids is 1. The number of rotatable bonds is 5. The van der Waals surface area contributed by atoms with Gasteiger partial charge in [-0.05, 0) is 35.5 Å². The van der Waals surface area contributed by atoms with Crippen molar-refractivity contribution < 1.29 is 9.90 Å². The first kappa shape index (κ1) is 16.3. The third-order valence-corrected chi connectivity index (χ3v) is 4.79. The highest BCUT2D eigenvalue weighted by Crippen LogP contribution is 2.33. The van der Waals surface area contributed by atoms with Crippen molar-refractivity contribution in [3.05, 3.63) is 90.3 Å².